The minimum Gasteiger partial charge on any atom is 0 e. The molecule has 0 N–H and O–H groups in total. The molecule has 0 heterocycles. The van der Waals surface area contributed by atoms with Crippen molar-refractivity contribution < 1.29 is 67.4 Å². The average molecular weight is 355 g/mol. The molecular weight excluding hydrogens is 355 g/mol. The third-order valence-corrected chi connectivity index (χ3v) is 0. The maximum absolute atomic E-state index is 0. The molecule has 0 unspecified atom stereocenters. The molecule has 0 rings (SSSR count). The topological polar surface area (TPSA) is 0 Å². The van der Waals surface area contributed by atoms with Crippen LogP contribution in [-0.4, -0.2) is 23.9 Å². The van der Waals surface area contributed by atoms with E-state index in [1.54, 1.807) is 0 Å². The molecular formula is CoCuMnNiSn. The van der Waals surface area contributed by atoms with Gasteiger partial charge in [0.05, 0.1) is 0 Å². The molecule has 5 heteroatoms. The molecule has 0 fully saturated rings. The van der Waals surface area contributed by atoms with Gasteiger partial charge in [-0.05, 0) is 0 Å². The van der Waals surface area contributed by atoms with Gasteiger partial charge in [0.2, 0.25) is 0 Å². The van der Waals surface area contributed by atoms with E-state index in [4.69, 9.17) is 0 Å². The summed E-state index contributed by atoms with van der Waals surface area (Å²) in [6, 6.07) is 0. The molecule has 5 heavy (non-hydrogen) atoms. The largest absolute Gasteiger partial charge is 0 e. The first-order valence-corrected chi connectivity index (χ1v) is 0. The van der Waals surface area contributed by atoms with Gasteiger partial charge in [0, 0.05) is 91.3 Å². The van der Waals surface area contributed by atoms with Gasteiger partial charge in [-0.2, -0.15) is 0 Å². The van der Waals surface area contributed by atoms with E-state index in [0.29, 0.717) is 0 Å². The molecule has 7 radical (unpaired) electrons. The molecule has 0 bridgehead atoms. The first-order valence-electron chi connectivity index (χ1n) is 0. The Morgan fingerprint density at radius 2 is 1.00 bits per heavy atom. The van der Waals surface area contributed by atoms with Gasteiger partial charge in [0.1, 0.15) is 0 Å². The van der Waals surface area contributed by atoms with Crippen LogP contribution in [0.25, 0.3) is 0 Å². The van der Waals surface area contributed by atoms with Crippen LogP contribution in [0.1, 0.15) is 0 Å². The van der Waals surface area contributed by atoms with E-state index in [1.165, 1.54) is 0 Å². The second-order valence-electron chi connectivity index (χ2n) is 0. The van der Waals surface area contributed by atoms with Crippen LogP contribution in [0.3, 0.4) is 0 Å². The van der Waals surface area contributed by atoms with Crippen molar-refractivity contribution in [1.82, 2.24) is 0 Å². The SMILES string of the molecule is [Co].[Cu].[Mn].[Ni].[Sn]. The van der Waals surface area contributed by atoms with Gasteiger partial charge in [-0.1, -0.05) is 0 Å². The molecule has 0 aliphatic rings. The van der Waals surface area contributed by atoms with Crippen molar-refractivity contribution >= 4 is 23.9 Å². The van der Waals surface area contributed by atoms with E-state index in [1.807, 2.05) is 0 Å². The van der Waals surface area contributed by atoms with Crippen LogP contribution >= 0.6 is 0 Å². The molecule has 0 saturated heterocycles. The normalized spacial score (nSPS) is 0. The number of rotatable bonds is 0. The van der Waals surface area contributed by atoms with Crippen molar-refractivity contribution in [2.45, 2.75) is 0 Å². The van der Waals surface area contributed by atoms with Crippen LogP contribution in [0.4, 0.5) is 0 Å². The van der Waals surface area contributed by atoms with E-state index in [2.05, 4.69) is 0 Å². The van der Waals surface area contributed by atoms with Crippen LogP contribution in [0, 0.1) is 0 Å². The van der Waals surface area contributed by atoms with Crippen molar-refractivity contribution in [2.75, 3.05) is 0 Å². The molecule has 0 aliphatic carbocycles. The van der Waals surface area contributed by atoms with E-state index < -0.39 is 0 Å². The standard InChI is InChI=1S/Co.Cu.Mn.Ni.Sn. The molecule has 0 amide bonds. The molecule has 0 aliphatic heterocycles. The first kappa shape index (κ1) is 45.5. The Morgan fingerprint density at radius 3 is 1.00 bits per heavy atom. The fourth-order valence-electron chi connectivity index (χ4n) is 0. The van der Waals surface area contributed by atoms with Gasteiger partial charge in [-0.15, -0.1) is 0 Å². The molecule has 41 valence electrons. The second kappa shape index (κ2) is 28.9. The van der Waals surface area contributed by atoms with E-state index in [9.17, 15) is 0 Å². The quantitative estimate of drug-likeness (QED) is 0.520. The van der Waals surface area contributed by atoms with Gasteiger partial charge < -0.3 is 0 Å². The van der Waals surface area contributed by atoms with E-state index >= 15 is 0 Å². The van der Waals surface area contributed by atoms with Crippen molar-refractivity contribution in [2.24, 2.45) is 0 Å². The minimum atomic E-state index is 0. The van der Waals surface area contributed by atoms with Crippen molar-refractivity contribution in [3.63, 3.8) is 0 Å². The van der Waals surface area contributed by atoms with Gasteiger partial charge in [0.15, 0.2) is 0 Å². The Bertz CT molecular complexity index is 11.6. The third-order valence-electron chi connectivity index (χ3n) is 0. The Balaban J connectivity index is 0. The summed E-state index contributed by atoms with van der Waals surface area (Å²) in [6.07, 6.45) is 0. The Morgan fingerprint density at radius 1 is 1.00 bits per heavy atom. The second-order valence-corrected chi connectivity index (χ2v) is 0. The average Bonchev–Trinajstić information content (AvgIpc) is 0. The predicted molar refractivity (Wildman–Crippen MR) is 5.75 cm³/mol. The summed E-state index contributed by atoms with van der Waals surface area (Å²) in [6.45, 7) is 0. The fourth-order valence-corrected chi connectivity index (χ4v) is 0. The zero-order valence-electron chi connectivity index (χ0n) is 1.83. The van der Waals surface area contributed by atoms with Crippen LogP contribution in [0.5, 0.6) is 0 Å². The maximum Gasteiger partial charge on any atom is 0 e. The minimum absolute atomic E-state index is 0. The molecule has 0 saturated carbocycles. The first-order chi connectivity index (χ1) is 0. The van der Waals surface area contributed by atoms with Crippen LogP contribution in [0.2, 0.25) is 0 Å². The Hall–Kier alpha value is 2.84. The molecule has 0 aromatic rings. The van der Waals surface area contributed by atoms with Gasteiger partial charge in [-0.25, -0.2) is 0 Å². The summed E-state index contributed by atoms with van der Waals surface area (Å²) < 4.78 is 0. The van der Waals surface area contributed by atoms with E-state index in [0.717, 1.165) is 0 Å². The molecule has 0 aromatic heterocycles. The Kier molecular flexibility index (Phi) is 263. The van der Waals surface area contributed by atoms with Crippen LogP contribution in [0.15, 0.2) is 0 Å². The maximum atomic E-state index is 0. The van der Waals surface area contributed by atoms with E-state index in [-0.39, 0.29) is 91.3 Å². The summed E-state index contributed by atoms with van der Waals surface area (Å²) in [5, 5.41) is 0. The zero-order chi connectivity index (χ0) is 0. The zero-order valence-corrected chi connectivity index (χ0v) is 8.83. The summed E-state index contributed by atoms with van der Waals surface area (Å²) in [4.78, 5) is 0. The predicted octanol–water partition coefficient (Wildman–Crippen LogP) is -0.391. The van der Waals surface area contributed by atoms with Crippen LogP contribution in [-0.2, 0) is 67.4 Å². The van der Waals surface area contributed by atoms with Crippen molar-refractivity contribution in [1.29, 1.82) is 0 Å². The molecule has 0 nitrogen and oxygen atoms in total. The van der Waals surface area contributed by atoms with Crippen molar-refractivity contribution in [3.8, 4) is 0 Å². The summed E-state index contributed by atoms with van der Waals surface area (Å²) >= 11 is 0. The fraction of sp³-hybridized carbons (Fsp3) is 0. The summed E-state index contributed by atoms with van der Waals surface area (Å²) in [5.41, 5.74) is 0. The van der Waals surface area contributed by atoms with Crippen LogP contribution < -0.4 is 0 Å². The summed E-state index contributed by atoms with van der Waals surface area (Å²) in [5.74, 6) is 0. The summed E-state index contributed by atoms with van der Waals surface area (Å²) in [7, 11) is 0. The third kappa shape index (κ3) is 19.9. The van der Waals surface area contributed by atoms with Gasteiger partial charge >= 0.3 is 0 Å². The van der Waals surface area contributed by atoms with Crippen molar-refractivity contribution in [3.05, 3.63) is 0 Å². The Labute approximate surface area is 90.0 Å². The smallest absolute Gasteiger partial charge is 0 e. The van der Waals surface area contributed by atoms with Gasteiger partial charge in [-0.3, -0.25) is 0 Å². The molecule has 0 spiro atoms. The van der Waals surface area contributed by atoms with Gasteiger partial charge in [0.25, 0.3) is 0 Å². The number of hydrogen-bond donors (Lipinski definition) is 0. The molecule has 0 aromatic carbocycles. The monoisotopic (exact) mass is 355 g/mol. The number of hydrogen-bond acceptors (Lipinski definition) is 0. The molecule has 0 atom stereocenters.